The molecule has 0 unspecified atom stereocenters. The maximum Gasteiger partial charge on any atom is 0.323 e. The number of thiazole rings is 1. The highest BCUT2D eigenvalue weighted by atomic mass is 32.2. The van der Waals surface area contributed by atoms with Gasteiger partial charge in [-0.15, -0.1) is 11.3 Å². The van der Waals surface area contributed by atoms with Crippen molar-refractivity contribution in [3.8, 4) is 5.75 Å². The predicted molar refractivity (Wildman–Crippen MR) is 172 cm³/mol. The molecule has 13 nitrogen and oxygen atoms in total. The third-order valence-corrected chi connectivity index (χ3v) is 11.1. The van der Waals surface area contributed by atoms with Crippen LogP contribution >= 0.6 is 47.1 Å². The van der Waals surface area contributed by atoms with Crippen LogP contribution in [0.5, 0.6) is 5.75 Å². The summed E-state index contributed by atoms with van der Waals surface area (Å²) < 4.78 is 38.7. The second-order valence-electron chi connectivity index (χ2n) is 9.83. The van der Waals surface area contributed by atoms with E-state index in [9.17, 15) is 42.4 Å². The van der Waals surface area contributed by atoms with Gasteiger partial charge in [-0.05, 0) is 36.1 Å². The number of thioether (sulfide) groups is 2. The molecule has 44 heavy (non-hydrogen) atoms. The number of amides is 1. The number of allylic oxidation sites excluding steroid dienone is 1. The maximum absolute atomic E-state index is 13.6. The monoisotopic (exact) mass is 701 g/mol. The average molecular weight is 702 g/mol. The minimum absolute atomic E-state index is 0.0262. The highest BCUT2D eigenvalue weighted by molar-refractivity contribution is 8.30. The summed E-state index contributed by atoms with van der Waals surface area (Å²) in [6.45, 7) is 2.59. The summed E-state index contributed by atoms with van der Waals surface area (Å²) in [7, 11) is -2.68. The van der Waals surface area contributed by atoms with Crippen molar-refractivity contribution in [3.63, 3.8) is 0 Å². The third-order valence-electron chi connectivity index (χ3n) is 6.39. The van der Waals surface area contributed by atoms with Crippen LogP contribution in [-0.4, -0.2) is 80.8 Å². The molecule has 3 N–H and O–H groups in total. The summed E-state index contributed by atoms with van der Waals surface area (Å²) in [6, 6.07) is 5.44. The van der Waals surface area contributed by atoms with Gasteiger partial charge < -0.3 is 19.8 Å². The van der Waals surface area contributed by atoms with Gasteiger partial charge in [-0.25, -0.2) is 0 Å². The van der Waals surface area contributed by atoms with Crippen LogP contribution in [-0.2, 0) is 31.0 Å². The van der Waals surface area contributed by atoms with E-state index in [0.717, 1.165) is 43.1 Å². The Hall–Kier alpha value is -3.16. The van der Waals surface area contributed by atoms with E-state index in [1.54, 1.807) is 18.2 Å². The topological polar surface area (TPSA) is 184 Å². The molecule has 0 aliphatic carbocycles. The lowest BCUT2D eigenvalue weighted by Gasteiger charge is -2.24. The minimum Gasteiger partial charge on any atom is -0.497 e. The first-order valence-electron chi connectivity index (χ1n) is 12.9. The molecule has 1 aromatic carbocycles. The molecule has 0 atom stereocenters. The quantitative estimate of drug-likeness (QED) is 0.227. The minimum atomic E-state index is -4.20. The molecule has 0 bridgehead atoms. The van der Waals surface area contributed by atoms with Crippen molar-refractivity contribution in [1.82, 2.24) is 9.47 Å². The van der Waals surface area contributed by atoms with Gasteiger partial charge in [-0.2, -0.15) is 8.42 Å². The zero-order valence-corrected chi connectivity index (χ0v) is 27.6. The van der Waals surface area contributed by atoms with Crippen LogP contribution in [0.25, 0.3) is 11.0 Å². The van der Waals surface area contributed by atoms with Gasteiger partial charge in [0.15, 0.2) is 0 Å². The fourth-order valence-electron chi connectivity index (χ4n) is 4.41. The molecular weight excluding hydrogens is 675 g/mol. The van der Waals surface area contributed by atoms with Crippen LogP contribution < -0.4 is 24.4 Å². The van der Waals surface area contributed by atoms with E-state index in [4.69, 9.17) is 17.0 Å². The summed E-state index contributed by atoms with van der Waals surface area (Å²) in [6.07, 6.45) is 1.72. The SMILES string of the molecule is COc1ccc2c(c1)N(CCCS(=O)(=O)O)/C(=C(\C=c1\s/c(=C3/SC(=S)N(CC(=O)O)C3=O)n(CC(=O)O)c1=O)C(C)C)S2. The van der Waals surface area contributed by atoms with Crippen LogP contribution in [0.4, 0.5) is 5.69 Å². The normalized spacial score (nSPS) is 18.0. The van der Waals surface area contributed by atoms with Gasteiger partial charge in [0.25, 0.3) is 21.6 Å². The number of benzene rings is 1. The van der Waals surface area contributed by atoms with E-state index in [1.807, 2.05) is 24.8 Å². The zero-order chi connectivity index (χ0) is 32.5. The van der Waals surface area contributed by atoms with Crippen molar-refractivity contribution in [2.75, 3.05) is 30.9 Å². The van der Waals surface area contributed by atoms with Crippen molar-refractivity contribution in [2.24, 2.45) is 5.92 Å². The standard InChI is InChI=1S/C26H27N3O10S5/c1-13(2)15(24-27(7-4-8-44(36,37)38)16-9-14(39-3)5-6-17(16)41-24)10-18-22(34)28(11-19(30)31)25(42-18)21-23(35)29(12-20(32)33)26(40)43-21/h5-6,9-10,13H,4,7-8,11-12H2,1-3H3,(H,30,31)(H,32,33)(H,36,37,38)/b18-10+,24-15-,25-21+. The number of nitrogens with zero attached hydrogens (tertiary/aromatic N) is 3. The second-order valence-corrected chi connectivity index (χ2v) is 15.1. The molecule has 0 radical (unpaired) electrons. The van der Waals surface area contributed by atoms with E-state index >= 15 is 0 Å². The van der Waals surface area contributed by atoms with Crippen LogP contribution in [0.2, 0.25) is 0 Å². The molecule has 236 valence electrons. The molecule has 4 rings (SSSR count). The molecule has 1 aromatic heterocycles. The summed E-state index contributed by atoms with van der Waals surface area (Å²) in [5.74, 6) is -3.40. The molecule has 3 heterocycles. The van der Waals surface area contributed by atoms with Crippen LogP contribution in [0.3, 0.4) is 0 Å². The van der Waals surface area contributed by atoms with Gasteiger partial charge in [0.1, 0.15) is 32.7 Å². The summed E-state index contributed by atoms with van der Waals surface area (Å²) >= 11 is 8.27. The number of methoxy groups -OCH3 is 1. The summed E-state index contributed by atoms with van der Waals surface area (Å²) in [5, 5.41) is 19.4. The zero-order valence-electron chi connectivity index (χ0n) is 23.5. The third kappa shape index (κ3) is 7.37. The highest BCUT2D eigenvalue weighted by Crippen LogP contribution is 2.49. The molecule has 0 spiro atoms. The number of aromatic nitrogens is 1. The van der Waals surface area contributed by atoms with E-state index in [2.05, 4.69) is 0 Å². The number of hydrogen-bond donors (Lipinski definition) is 3. The van der Waals surface area contributed by atoms with Crippen LogP contribution in [0.15, 0.2) is 38.5 Å². The summed E-state index contributed by atoms with van der Waals surface area (Å²) in [4.78, 5) is 53.3. The van der Waals surface area contributed by atoms with Crippen LogP contribution in [0.1, 0.15) is 20.3 Å². The number of carbonyl (C=O) groups excluding carboxylic acids is 1. The number of thiocarbonyl (C=S) groups is 1. The number of hydrogen-bond acceptors (Lipinski definition) is 12. The second kappa shape index (κ2) is 13.5. The van der Waals surface area contributed by atoms with Gasteiger partial charge in [0.2, 0.25) is 0 Å². The fourth-order valence-corrected chi connectivity index (χ4v) is 8.74. The molecule has 2 aliphatic rings. The molecule has 2 aromatic rings. The Morgan fingerprint density at radius 3 is 2.36 bits per heavy atom. The van der Waals surface area contributed by atoms with Gasteiger partial charge in [0, 0.05) is 17.5 Å². The number of ether oxygens (including phenoxy) is 1. The van der Waals surface area contributed by atoms with Crippen molar-refractivity contribution in [1.29, 1.82) is 0 Å². The molecule has 18 heteroatoms. The van der Waals surface area contributed by atoms with Crippen molar-refractivity contribution in [2.45, 2.75) is 31.7 Å². The predicted octanol–water partition coefficient (Wildman–Crippen LogP) is 1.59. The molecular formula is C26H27N3O10S5. The number of anilines is 1. The van der Waals surface area contributed by atoms with E-state index in [0.29, 0.717) is 16.4 Å². The molecule has 1 saturated heterocycles. The Morgan fingerprint density at radius 1 is 1.09 bits per heavy atom. The number of carboxylic acids is 2. The molecule has 1 fully saturated rings. The average Bonchev–Trinajstić information content (AvgIpc) is 3.52. The number of aliphatic carboxylic acids is 2. The van der Waals surface area contributed by atoms with Gasteiger partial charge in [-0.3, -0.25) is 33.2 Å². The van der Waals surface area contributed by atoms with E-state index in [1.165, 1.54) is 18.9 Å². The van der Waals surface area contributed by atoms with Crippen LogP contribution in [0, 0.1) is 5.92 Å². The lowest BCUT2D eigenvalue weighted by atomic mass is 10.0. The number of carbonyl (C=O) groups is 3. The smallest absolute Gasteiger partial charge is 0.323 e. The first kappa shape index (κ1) is 33.7. The Labute approximate surface area is 269 Å². The Balaban J connectivity index is 1.93. The first-order valence-corrected chi connectivity index (χ1v) is 17.3. The Morgan fingerprint density at radius 2 is 1.77 bits per heavy atom. The Bertz CT molecular complexity index is 1880. The fraction of sp³-hybridized carbons (Fsp3) is 0.346. The van der Waals surface area contributed by atoms with Gasteiger partial charge in [-0.1, -0.05) is 49.6 Å². The van der Waals surface area contributed by atoms with E-state index in [-0.39, 0.29) is 37.3 Å². The first-order chi connectivity index (χ1) is 20.6. The maximum atomic E-state index is 13.6. The van der Waals surface area contributed by atoms with E-state index < -0.39 is 52.4 Å². The molecule has 1 amide bonds. The lowest BCUT2D eigenvalue weighted by Crippen LogP contribution is -2.36. The summed E-state index contributed by atoms with van der Waals surface area (Å²) in [5.41, 5.74) is 0.773. The lowest BCUT2D eigenvalue weighted by molar-refractivity contribution is -0.140. The van der Waals surface area contributed by atoms with Crippen molar-refractivity contribution in [3.05, 3.63) is 48.4 Å². The number of rotatable bonds is 11. The van der Waals surface area contributed by atoms with Gasteiger partial charge in [0.05, 0.1) is 28.1 Å². The van der Waals surface area contributed by atoms with Crippen molar-refractivity contribution < 1.29 is 42.3 Å². The highest BCUT2D eigenvalue weighted by Gasteiger charge is 2.36. The molecule has 2 aliphatic heterocycles. The largest absolute Gasteiger partial charge is 0.497 e. The molecule has 0 saturated carbocycles. The number of fused-ring (bicyclic) bond motifs is 1. The van der Waals surface area contributed by atoms with Crippen molar-refractivity contribution >= 4 is 96.0 Å². The van der Waals surface area contributed by atoms with Gasteiger partial charge >= 0.3 is 11.9 Å². The Kier molecular flexibility index (Phi) is 10.3. The number of carboxylic acid groups (broad SMARTS) is 2.